The Labute approximate surface area is 169 Å². The molecule has 2 aromatic rings. The molecule has 0 amide bonds. The quantitative estimate of drug-likeness (QED) is 0.820. The minimum Gasteiger partial charge on any atom is -0.369 e. The van der Waals surface area contributed by atoms with Gasteiger partial charge in [-0.3, -0.25) is 0 Å². The van der Waals surface area contributed by atoms with E-state index in [1.54, 1.807) is 0 Å². The molecule has 0 unspecified atom stereocenters. The van der Waals surface area contributed by atoms with Crippen LogP contribution in [0.4, 0.5) is 5.69 Å². The van der Waals surface area contributed by atoms with Gasteiger partial charge in [0.05, 0.1) is 4.90 Å². The second-order valence-electron chi connectivity index (χ2n) is 6.85. The maximum absolute atomic E-state index is 13.1. The molecule has 2 aliphatic heterocycles. The molecule has 0 radical (unpaired) electrons. The van der Waals surface area contributed by atoms with Crippen molar-refractivity contribution in [2.24, 2.45) is 0 Å². The highest BCUT2D eigenvalue weighted by Crippen LogP contribution is 2.32. The van der Waals surface area contributed by atoms with Gasteiger partial charge < -0.3 is 10.2 Å². The third-order valence-electron chi connectivity index (χ3n) is 5.14. The number of piperazine rings is 1. The van der Waals surface area contributed by atoms with Gasteiger partial charge >= 0.3 is 0 Å². The number of halogens is 2. The van der Waals surface area contributed by atoms with E-state index < -0.39 is 10.0 Å². The molecule has 1 N–H and O–H groups in total. The SMILES string of the molecule is O=S(=O)(c1cc(Cl)cc(Cl)c1)N1CCc2c(cccc2N2CCNCC2)C1. The summed E-state index contributed by atoms with van der Waals surface area (Å²) in [5.74, 6) is 0. The van der Waals surface area contributed by atoms with Crippen molar-refractivity contribution in [2.45, 2.75) is 17.9 Å². The zero-order valence-electron chi connectivity index (χ0n) is 14.8. The highest BCUT2D eigenvalue weighted by molar-refractivity contribution is 7.89. The van der Waals surface area contributed by atoms with E-state index in [0.29, 0.717) is 29.6 Å². The van der Waals surface area contributed by atoms with Crippen LogP contribution < -0.4 is 10.2 Å². The molecule has 1 fully saturated rings. The first-order valence-corrected chi connectivity index (χ1v) is 11.2. The fourth-order valence-electron chi connectivity index (χ4n) is 3.80. The summed E-state index contributed by atoms with van der Waals surface area (Å²) in [6.45, 7) is 4.70. The molecule has 0 aromatic heterocycles. The molecule has 2 aliphatic rings. The summed E-state index contributed by atoms with van der Waals surface area (Å²) >= 11 is 12.0. The Kier molecular flexibility index (Phi) is 5.36. The molecule has 144 valence electrons. The van der Waals surface area contributed by atoms with E-state index in [1.807, 2.05) is 12.1 Å². The first-order chi connectivity index (χ1) is 12.9. The smallest absolute Gasteiger partial charge is 0.243 e. The van der Waals surface area contributed by atoms with Gasteiger partial charge in [-0.15, -0.1) is 0 Å². The van der Waals surface area contributed by atoms with Crippen molar-refractivity contribution >= 4 is 38.9 Å². The van der Waals surface area contributed by atoms with E-state index in [2.05, 4.69) is 16.3 Å². The summed E-state index contributed by atoms with van der Waals surface area (Å²) in [4.78, 5) is 2.53. The Balaban J connectivity index is 1.63. The highest BCUT2D eigenvalue weighted by atomic mass is 35.5. The van der Waals surface area contributed by atoms with Crippen LogP contribution in [-0.2, 0) is 23.0 Å². The first-order valence-electron chi connectivity index (χ1n) is 8.98. The van der Waals surface area contributed by atoms with Crippen molar-refractivity contribution in [3.05, 3.63) is 57.6 Å². The summed E-state index contributed by atoms with van der Waals surface area (Å²) < 4.78 is 27.7. The van der Waals surface area contributed by atoms with Gasteiger partial charge in [0.15, 0.2) is 0 Å². The largest absolute Gasteiger partial charge is 0.369 e. The number of fused-ring (bicyclic) bond motifs is 1. The van der Waals surface area contributed by atoms with Crippen LogP contribution in [0.5, 0.6) is 0 Å². The van der Waals surface area contributed by atoms with Crippen LogP contribution in [0.3, 0.4) is 0 Å². The van der Waals surface area contributed by atoms with E-state index >= 15 is 0 Å². The molecule has 0 spiro atoms. The number of hydrogen-bond donors (Lipinski definition) is 1. The number of nitrogens with one attached hydrogen (secondary N) is 1. The zero-order chi connectivity index (χ0) is 19.0. The third-order valence-corrected chi connectivity index (χ3v) is 7.40. The minimum atomic E-state index is -3.65. The standard InChI is InChI=1S/C19H21Cl2N3O2S/c20-15-10-16(21)12-17(11-15)27(25,26)24-7-4-18-14(13-24)2-1-3-19(18)23-8-5-22-6-9-23/h1-3,10-12,22H,4-9,13H2. The Morgan fingerprint density at radius 3 is 2.37 bits per heavy atom. The normalized spacial score (nSPS) is 18.4. The van der Waals surface area contributed by atoms with Gasteiger partial charge in [-0.2, -0.15) is 4.31 Å². The summed E-state index contributed by atoms with van der Waals surface area (Å²) in [5.41, 5.74) is 3.56. The van der Waals surface area contributed by atoms with Crippen LogP contribution in [0, 0.1) is 0 Å². The Morgan fingerprint density at radius 1 is 0.963 bits per heavy atom. The lowest BCUT2D eigenvalue weighted by Gasteiger charge is -2.35. The van der Waals surface area contributed by atoms with Gasteiger partial charge in [0, 0.05) is 55.0 Å². The Hall–Kier alpha value is -1.31. The third kappa shape index (κ3) is 3.82. The van der Waals surface area contributed by atoms with Crippen LogP contribution in [0.25, 0.3) is 0 Å². The maximum Gasteiger partial charge on any atom is 0.243 e. The molecule has 2 aromatic carbocycles. The summed E-state index contributed by atoms with van der Waals surface area (Å²) in [5, 5.41) is 4.01. The van der Waals surface area contributed by atoms with Gasteiger partial charge in [-0.05, 0) is 41.8 Å². The van der Waals surface area contributed by atoms with Crippen molar-refractivity contribution < 1.29 is 8.42 Å². The average Bonchev–Trinajstić information content (AvgIpc) is 2.67. The molecule has 0 saturated carbocycles. The van der Waals surface area contributed by atoms with Gasteiger partial charge in [0.25, 0.3) is 0 Å². The Morgan fingerprint density at radius 2 is 1.67 bits per heavy atom. The second-order valence-corrected chi connectivity index (χ2v) is 9.66. The summed E-state index contributed by atoms with van der Waals surface area (Å²) in [7, 11) is -3.65. The number of rotatable bonds is 3. The lowest BCUT2D eigenvalue weighted by atomic mass is 9.98. The van der Waals surface area contributed by atoms with Gasteiger partial charge in [0.1, 0.15) is 0 Å². The molecular weight excluding hydrogens is 405 g/mol. The van der Waals surface area contributed by atoms with E-state index in [-0.39, 0.29) is 4.90 Å². The summed E-state index contributed by atoms with van der Waals surface area (Å²) in [6.07, 6.45) is 0.697. The van der Waals surface area contributed by atoms with E-state index in [0.717, 1.165) is 31.7 Å². The molecule has 0 atom stereocenters. The molecule has 27 heavy (non-hydrogen) atoms. The van der Waals surface area contributed by atoms with Gasteiger partial charge in [-0.25, -0.2) is 8.42 Å². The van der Waals surface area contributed by atoms with Crippen LogP contribution in [0.15, 0.2) is 41.3 Å². The van der Waals surface area contributed by atoms with Crippen LogP contribution in [0.1, 0.15) is 11.1 Å². The van der Waals surface area contributed by atoms with Crippen molar-refractivity contribution in [1.82, 2.24) is 9.62 Å². The maximum atomic E-state index is 13.1. The molecule has 1 saturated heterocycles. The van der Waals surface area contributed by atoms with Crippen molar-refractivity contribution in [2.75, 3.05) is 37.6 Å². The van der Waals surface area contributed by atoms with Crippen molar-refractivity contribution in [3.63, 3.8) is 0 Å². The molecular formula is C19H21Cl2N3O2S. The van der Waals surface area contributed by atoms with E-state index in [4.69, 9.17) is 23.2 Å². The predicted octanol–water partition coefficient (Wildman–Crippen LogP) is 3.15. The summed E-state index contributed by atoms with van der Waals surface area (Å²) in [6, 6.07) is 10.6. The number of anilines is 1. The van der Waals surface area contributed by atoms with E-state index in [9.17, 15) is 8.42 Å². The minimum absolute atomic E-state index is 0.140. The molecule has 0 aliphatic carbocycles. The van der Waals surface area contributed by atoms with E-state index in [1.165, 1.54) is 33.8 Å². The highest BCUT2D eigenvalue weighted by Gasteiger charge is 2.30. The number of nitrogens with zero attached hydrogens (tertiary/aromatic N) is 2. The predicted molar refractivity (Wildman–Crippen MR) is 109 cm³/mol. The monoisotopic (exact) mass is 425 g/mol. The van der Waals surface area contributed by atoms with Crippen LogP contribution in [-0.4, -0.2) is 45.4 Å². The molecule has 2 heterocycles. The van der Waals surface area contributed by atoms with Crippen LogP contribution >= 0.6 is 23.2 Å². The van der Waals surface area contributed by atoms with Crippen molar-refractivity contribution in [3.8, 4) is 0 Å². The molecule has 4 rings (SSSR count). The average molecular weight is 426 g/mol. The number of sulfonamides is 1. The first kappa shape index (κ1) is 19.0. The van der Waals surface area contributed by atoms with Gasteiger partial charge in [0.2, 0.25) is 10.0 Å². The lowest BCUT2D eigenvalue weighted by molar-refractivity contribution is 0.391. The molecule has 0 bridgehead atoms. The van der Waals surface area contributed by atoms with Gasteiger partial charge in [-0.1, -0.05) is 35.3 Å². The molecule has 8 heteroatoms. The Bertz CT molecular complexity index is 939. The second kappa shape index (κ2) is 7.60. The number of hydrogen-bond acceptors (Lipinski definition) is 4. The van der Waals surface area contributed by atoms with Crippen LogP contribution in [0.2, 0.25) is 10.0 Å². The topological polar surface area (TPSA) is 52.7 Å². The number of benzene rings is 2. The lowest BCUT2D eigenvalue weighted by Crippen LogP contribution is -2.44. The fourth-order valence-corrected chi connectivity index (χ4v) is 5.94. The fraction of sp³-hybridized carbons (Fsp3) is 0.368. The molecule has 5 nitrogen and oxygen atoms in total. The zero-order valence-corrected chi connectivity index (χ0v) is 17.1. The van der Waals surface area contributed by atoms with Crippen molar-refractivity contribution in [1.29, 1.82) is 0 Å².